The molecule has 0 bridgehead atoms. The molecule has 0 spiro atoms. The average molecular weight is 237 g/mol. The minimum atomic E-state index is -0.853. The highest BCUT2D eigenvalue weighted by molar-refractivity contribution is 5.93. The molecule has 1 heterocycles. The molecule has 1 rings (SSSR count). The van der Waals surface area contributed by atoms with Crippen LogP contribution in [0.2, 0.25) is 0 Å². The fourth-order valence-electron chi connectivity index (χ4n) is 1.36. The smallest absolute Gasteiger partial charge is 0.303 e. The van der Waals surface area contributed by atoms with Gasteiger partial charge in [0, 0.05) is 25.4 Å². The van der Waals surface area contributed by atoms with Gasteiger partial charge >= 0.3 is 5.97 Å². The normalized spacial score (nSPS) is 11.8. The van der Waals surface area contributed by atoms with Crippen LogP contribution >= 0.6 is 0 Å². The van der Waals surface area contributed by atoms with E-state index >= 15 is 0 Å². The van der Waals surface area contributed by atoms with E-state index in [-0.39, 0.29) is 18.2 Å². The maximum absolute atomic E-state index is 11.6. The van der Waals surface area contributed by atoms with Crippen molar-refractivity contribution in [1.82, 2.24) is 15.3 Å². The van der Waals surface area contributed by atoms with Crippen LogP contribution in [0, 0.1) is 5.92 Å². The molecule has 0 saturated heterocycles. The molecule has 0 fully saturated rings. The lowest BCUT2D eigenvalue weighted by atomic mass is 10.0. The Morgan fingerprint density at radius 3 is 2.59 bits per heavy atom. The van der Waals surface area contributed by atoms with Gasteiger partial charge in [-0.2, -0.15) is 0 Å². The topological polar surface area (TPSA) is 92.2 Å². The molecule has 0 aliphatic heterocycles. The maximum Gasteiger partial charge on any atom is 0.303 e. The first-order chi connectivity index (χ1) is 8.13. The molecular weight excluding hydrogens is 222 g/mol. The summed E-state index contributed by atoms with van der Waals surface area (Å²) < 4.78 is 0. The van der Waals surface area contributed by atoms with Gasteiger partial charge in [0.2, 0.25) is 0 Å². The molecule has 0 aromatic carbocycles. The lowest BCUT2D eigenvalue weighted by molar-refractivity contribution is -0.138. The fourth-order valence-corrected chi connectivity index (χ4v) is 1.36. The van der Waals surface area contributed by atoms with E-state index in [0.29, 0.717) is 18.5 Å². The van der Waals surface area contributed by atoms with Crippen molar-refractivity contribution in [2.45, 2.75) is 19.8 Å². The third kappa shape index (κ3) is 4.58. The average Bonchev–Trinajstić information content (AvgIpc) is 2.34. The number of aliphatic carboxylic acids is 1. The number of amides is 1. The van der Waals surface area contributed by atoms with Crippen molar-refractivity contribution in [2.24, 2.45) is 5.92 Å². The number of aromatic nitrogens is 2. The van der Waals surface area contributed by atoms with Crippen LogP contribution in [0.4, 0.5) is 0 Å². The first-order valence-corrected chi connectivity index (χ1v) is 5.38. The molecule has 1 atom stereocenters. The van der Waals surface area contributed by atoms with Gasteiger partial charge in [-0.25, -0.2) is 9.97 Å². The molecular formula is C11H15N3O3. The van der Waals surface area contributed by atoms with Crippen molar-refractivity contribution in [3.8, 4) is 0 Å². The molecule has 2 N–H and O–H groups in total. The van der Waals surface area contributed by atoms with Crippen LogP contribution in [0.5, 0.6) is 0 Å². The van der Waals surface area contributed by atoms with E-state index in [1.54, 1.807) is 0 Å². The van der Waals surface area contributed by atoms with E-state index in [2.05, 4.69) is 15.3 Å². The molecule has 1 unspecified atom stereocenters. The zero-order valence-electron chi connectivity index (χ0n) is 9.59. The van der Waals surface area contributed by atoms with Gasteiger partial charge in [-0.05, 0) is 5.92 Å². The van der Waals surface area contributed by atoms with E-state index in [1.807, 2.05) is 6.92 Å². The number of rotatable bonds is 6. The Bertz CT molecular complexity index is 381. The zero-order chi connectivity index (χ0) is 12.7. The molecule has 0 aliphatic rings. The number of hydrogen-bond acceptors (Lipinski definition) is 4. The van der Waals surface area contributed by atoms with Gasteiger partial charge in [0.25, 0.3) is 5.91 Å². The van der Waals surface area contributed by atoms with Crippen molar-refractivity contribution in [2.75, 3.05) is 6.54 Å². The number of carbonyl (C=O) groups is 2. The summed E-state index contributed by atoms with van der Waals surface area (Å²) in [5.41, 5.74) is 0.373. The molecule has 1 amide bonds. The molecule has 17 heavy (non-hydrogen) atoms. The minimum absolute atomic E-state index is 0.0546. The molecule has 6 heteroatoms. The van der Waals surface area contributed by atoms with Crippen molar-refractivity contribution < 1.29 is 14.7 Å². The number of hydrogen-bond donors (Lipinski definition) is 2. The minimum Gasteiger partial charge on any atom is -0.481 e. The number of carbonyl (C=O) groups excluding carboxylic acids is 1. The highest BCUT2D eigenvalue weighted by Crippen LogP contribution is 2.06. The molecule has 92 valence electrons. The quantitative estimate of drug-likeness (QED) is 0.760. The van der Waals surface area contributed by atoms with E-state index in [0.717, 1.165) is 0 Å². The molecule has 6 nitrogen and oxygen atoms in total. The lowest BCUT2D eigenvalue weighted by Crippen LogP contribution is -2.30. The summed E-state index contributed by atoms with van der Waals surface area (Å²) in [6, 6.07) is 0. The SMILES string of the molecule is CCC(CNC(=O)c1cncnc1)CC(=O)O. The molecule has 1 aromatic rings. The summed E-state index contributed by atoms with van der Waals surface area (Å²) in [7, 11) is 0. The summed E-state index contributed by atoms with van der Waals surface area (Å²) in [5.74, 6) is -1.19. The standard InChI is InChI=1S/C11H15N3O3/c1-2-8(3-10(15)16)4-14-11(17)9-5-12-7-13-6-9/h5-8H,2-4H2,1H3,(H,14,17)(H,15,16). The monoisotopic (exact) mass is 237 g/mol. The summed E-state index contributed by atoms with van der Waals surface area (Å²) in [6.07, 6.45) is 4.94. The third-order valence-electron chi connectivity index (χ3n) is 2.41. The van der Waals surface area contributed by atoms with Crippen LogP contribution in [0.15, 0.2) is 18.7 Å². The summed E-state index contributed by atoms with van der Waals surface area (Å²) in [5, 5.41) is 11.3. The van der Waals surface area contributed by atoms with E-state index < -0.39 is 5.97 Å². The third-order valence-corrected chi connectivity index (χ3v) is 2.41. The van der Waals surface area contributed by atoms with Gasteiger partial charge in [-0.15, -0.1) is 0 Å². The second kappa shape index (κ2) is 6.57. The lowest BCUT2D eigenvalue weighted by Gasteiger charge is -2.13. The predicted molar refractivity (Wildman–Crippen MR) is 60.4 cm³/mol. The number of nitrogens with zero attached hydrogens (tertiary/aromatic N) is 2. The zero-order valence-corrected chi connectivity index (χ0v) is 9.59. The number of carboxylic acids is 1. The maximum atomic E-state index is 11.6. The van der Waals surface area contributed by atoms with Gasteiger partial charge in [0.05, 0.1) is 5.56 Å². The van der Waals surface area contributed by atoms with Gasteiger partial charge in [-0.1, -0.05) is 13.3 Å². The van der Waals surface area contributed by atoms with Gasteiger partial charge in [-0.3, -0.25) is 9.59 Å². The Morgan fingerprint density at radius 1 is 1.41 bits per heavy atom. The second-order valence-electron chi connectivity index (χ2n) is 3.71. The van der Waals surface area contributed by atoms with Crippen LogP contribution in [0.25, 0.3) is 0 Å². The largest absolute Gasteiger partial charge is 0.481 e. The van der Waals surface area contributed by atoms with Crippen molar-refractivity contribution in [1.29, 1.82) is 0 Å². The second-order valence-corrected chi connectivity index (χ2v) is 3.71. The first kappa shape index (κ1) is 13.1. The summed E-state index contributed by atoms with van der Waals surface area (Å²) in [4.78, 5) is 29.6. The van der Waals surface area contributed by atoms with Crippen LogP contribution in [-0.4, -0.2) is 33.5 Å². The Labute approximate surface area is 99.1 Å². The molecule has 0 saturated carbocycles. The Kier molecular flexibility index (Phi) is 5.06. The molecule has 0 aliphatic carbocycles. The molecule has 0 radical (unpaired) electrons. The van der Waals surface area contributed by atoms with E-state index in [4.69, 9.17) is 5.11 Å². The van der Waals surface area contributed by atoms with Crippen molar-refractivity contribution in [3.05, 3.63) is 24.3 Å². The summed E-state index contributed by atoms with van der Waals surface area (Å²) >= 11 is 0. The summed E-state index contributed by atoms with van der Waals surface area (Å²) in [6.45, 7) is 2.24. The highest BCUT2D eigenvalue weighted by Gasteiger charge is 2.13. The van der Waals surface area contributed by atoms with Gasteiger partial charge in [0.1, 0.15) is 6.33 Å². The Hall–Kier alpha value is -1.98. The van der Waals surface area contributed by atoms with E-state index in [1.165, 1.54) is 18.7 Å². The first-order valence-electron chi connectivity index (χ1n) is 5.38. The van der Waals surface area contributed by atoms with Crippen LogP contribution in [0.1, 0.15) is 30.1 Å². The highest BCUT2D eigenvalue weighted by atomic mass is 16.4. The van der Waals surface area contributed by atoms with Crippen LogP contribution < -0.4 is 5.32 Å². The number of carboxylic acid groups (broad SMARTS) is 1. The van der Waals surface area contributed by atoms with Crippen LogP contribution in [-0.2, 0) is 4.79 Å². The number of nitrogens with one attached hydrogen (secondary N) is 1. The van der Waals surface area contributed by atoms with Gasteiger partial charge in [0.15, 0.2) is 0 Å². The molecule has 1 aromatic heterocycles. The fraction of sp³-hybridized carbons (Fsp3) is 0.455. The Morgan fingerprint density at radius 2 is 2.06 bits per heavy atom. The van der Waals surface area contributed by atoms with Crippen molar-refractivity contribution in [3.63, 3.8) is 0 Å². The Balaban J connectivity index is 2.44. The van der Waals surface area contributed by atoms with Crippen molar-refractivity contribution >= 4 is 11.9 Å². The van der Waals surface area contributed by atoms with Crippen LogP contribution in [0.3, 0.4) is 0 Å². The van der Waals surface area contributed by atoms with E-state index in [9.17, 15) is 9.59 Å². The predicted octanol–water partition coefficient (Wildman–Crippen LogP) is 0.707. The van der Waals surface area contributed by atoms with Gasteiger partial charge < -0.3 is 10.4 Å².